The van der Waals surface area contributed by atoms with Crippen LogP contribution in [0.1, 0.15) is 53.4 Å². The molecule has 0 saturated heterocycles. The van der Waals surface area contributed by atoms with Crippen LogP contribution in [0, 0.1) is 0 Å². The van der Waals surface area contributed by atoms with Gasteiger partial charge in [-0.05, 0) is 59.5 Å². The first-order chi connectivity index (χ1) is 11.8. The molecule has 0 unspecified atom stereocenters. The number of hydrogen-bond acceptors (Lipinski definition) is 4. The van der Waals surface area contributed by atoms with Crippen molar-refractivity contribution in [3.63, 3.8) is 0 Å². The summed E-state index contributed by atoms with van der Waals surface area (Å²) in [7, 11) is 0. The number of aliphatic hydroxyl groups is 1. The molecule has 0 heterocycles. The van der Waals surface area contributed by atoms with Crippen molar-refractivity contribution in [1.82, 2.24) is 0 Å². The Morgan fingerprint density at radius 3 is 1.88 bits per heavy atom. The van der Waals surface area contributed by atoms with E-state index in [4.69, 9.17) is 14.9 Å². The van der Waals surface area contributed by atoms with Gasteiger partial charge in [-0.2, -0.15) is 0 Å². The Balaban J connectivity index is 4.20. The Bertz CT molecular complexity index is 565. The van der Waals surface area contributed by atoms with E-state index in [2.05, 4.69) is 0 Å². The highest BCUT2D eigenvalue weighted by atomic mass is 16.5. The van der Waals surface area contributed by atoms with Crippen LogP contribution in [0.2, 0.25) is 0 Å². The van der Waals surface area contributed by atoms with Crippen LogP contribution in [0.25, 0.3) is 0 Å². The lowest BCUT2D eigenvalue weighted by Crippen LogP contribution is -2.06. The number of ether oxygens (including phenoxy) is 1. The first-order valence-electron chi connectivity index (χ1n) is 8.44. The molecule has 0 aromatic carbocycles. The van der Waals surface area contributed by atoms with Crippen molar-refractivity contribution in [1.29, 1.82) is 0 Å². The summed E-state index contributed by atoms with van der Waals surface area (Å²) in [5.74, 6) is -1.24. The molecule has 0 saturated carbocycles. The van der Waals surface area contributed by atoms with E-state index in [9.17, 15) is 9.59 Å². The van der Waals surface area contributed by atoms with Crippen molar-refractivity contribution in [3.8, 4) is 0 Å². The van der Waals surface area contributed by atoms with E-state index in [0.29, 0.717) is 17.6 Å². The van der Waals surface area contributed by atoms with Crippen LogP contribution in [0.15, 0.2) is 46.6 Å². The first kappa shape index (κ1) is 22.9. The molecule has 0 radical (unpaired) electrons. The molecule has 0 fully saturated rings. The van der Waals surface area contributed by atoms with E-state index < -0.39 is 5.97 Å². The SMILES string of the molecule is CC(=CCO)CCC=C(C)C(=O)OCC=C(C)CCC=C(C)C(=O)O. The molecule has 0 rings (SSSR count). The molecule has 0 aliphatic rings. The largest absolute Gasteiger partial charge is 0.478 e. The predicted molar refractivity (Wildman–Crippen MR) is 99.2 cm³/mol. The van der Waals surface area contributed by atoms with Crippen LogP contribution in [-0.4, -0.2) is 35.4 Å². The van der Waals surface area contributed by atoms with Crippen molar-refractivity contribution in [2.75, 3.05) is 13.2 Å². The fourth-order valence-corrected chi connectivity index (χ4v) is 1.94. The summed E-state index contributed by atoms with van der Waals surface area (Å²) in [5, 5.41) is 17.5. The standard InChI is InChI=1S/C20H30O5/c1-15(11-13-21)7-6-10-18(4)20(24)25-14-12-16(2)8-5-9-17(3)19(22)23/h9-12,21H,5-8,13-14H2,1-4H3,(H,22,23). The summed E-state index contributed by atoms with van der Waals surface area (Å²) in [4.78, 5) is 22.5. The minimum atomic E-state index is -0.903. The van der Waals surface area contributed by atoms with Crippen molar-refractivity contribution in [2.45, 2.75) is 53.4 Å². The van der Waals surface area contributed by atoms with Gasteiger partial charge < -0.3 is 14.9 Å². The summed E-state index contributed by atoms with van der Waals surface area (Å²) in [6.07, 6.45) is 10.0. The average molecular weight is 350 g/mol. The number of carbonyl (C=O) groups excluding carboxylic acids is 1. The van der Waals surface area contributed by atoms with Crippen LogP contribution < -0.4 is 0 Å². The molecule has 0 bridgehead atoms. The zero-order chi connectivity index (χ0) is 19.2. The van der Waals surface area contributed by atoms with E-state index >= 15 is 0 Å². The maximum absolute atomic E-state index is 11.9. The number of carbonyl (C=O) groups is 2. The summed E-state index contributed by atoms with van der Waals surface area (Å²) < 4.78 is 5.20. The summed E-state index contributed by atoms with van der Waals surface area (Å²) in [6, 6.07) is 0. The third kappa shape index (κ3) is 12.0. The second-order valence-electron chi connectivity index (χ2n) is 6.04. The van der Waals surface area contributed by atoms with Gasteiger partial charge in [-0.25, -0.2) is 9.59 Å². The molecule has 0 aromatic heterocycles. The van der Waals surface area contributed by atoms with Crippen LogP contribution >= 0.6 is 0 Å². The van der Waals surface area contributed by atoms with Crippen molar-refractivity contribution >= 4 is 11.9 Å². The average Bonchev–Trinajstić information content (AvgIpc) is 2.54. The molecule has 0 aromatic rings. The van der Waals surface area contributed by atoms with E-state index in [1.54, 1.807) is 26.0 Å². The molecule has 0 amide bonds. The number of aliphatic hydroxyl groups excluding tert-OH is 1. The lowest BCUT2D eigenvalue weighted by atomic mass is 10.1. The molecule has 140 valence electrons. The monoisotopic (exact) mass is 350 g/mol. The number of allylic oxidation sites excluding steroid dienone is 4. The lowest BCUT2D eigenvalue weighted by molar-refractivity contribution is -0.137. The van der Waals surface area contributed by atoms with E-state index in [1.165, 1.54) is 0 Å². The zero-order valence-corrected chi connectivity index (χ0v) is 15.7. The van der Waals surface area contributed by atoms with Crippen molar-refractivity contribution in [2.24, 2.45) is 0 Å². The molecular weight excluding hydrogens is 320 g/mol. The van der Waals surface area contributed by atoms with Crippen molar-refractivity contribution in [3.05, 3.63) is 46.6 Å². The highest BCUT2D eigenvalue weighted by molar-refractivity contribution is 5.87. The van der Waals surface area contributed by atoms with E-state index in [0.717, 1.165) is 30.4 Å². The van der Waals surface area contributed by atoms with E-state index in [1.807, 2.05) is 26.0 Å². The van der Waals surface area contributed by atoms with E-state index in [-0.39, 0.29) is 19.2 Å². The number of rotatable bonds is 11. The van der Waals surface area contributed by atoms with Gasteiger partial charge in [-0.15, -0.1) is 0 Å². The van der Waals surface area contributed by atoms with Gasteiger partial charge >= 0.3 is 11.9 Å². The Morgan fingerprint density at radius 2 is 1.36 bits per heavy atom. The van der Waals surface area contributed by atoms with Crippen LogP contribution in [0.5, 0.6) is 0 Å². The number of esters is 1. The highest BCUT2D eigenvalue weighted by Crippen LogP contribution is 2.09. The normalized spacial score (nSPS) is 13.8. The minimum absolute atomic E-state index is 0.0356. The zero-order valence-electron chi connectivity index (χ0n) is 15.7. The number of hydrogen-bond donors (Lipinski definition) is 2. The Hall–Kier alpha value is -2.14. The summed E-state index contributed by atoms with van der Waals surface area (Å²) in [5.41, 5.74) is 3.05. The third-order valence-electron chi connectivity index (χ3n) is 3.72. The molecule has 0 spiro atoms. The summed E-state index contributed by atoms with van der Waals surface area (Å²) >= 11 is 0. The van der Waals surface area contributed by atoms with Gasteiger partial charge in [0.25, 0.3) is 0 Å². The molecular formula is C20H30O5. The first-order valence-corrected chi connectivity index (χ1v) is 8.44. The minimum Gasteiger partial charge on any atom is -0.478 e. The number of carboxylic acid groups (broad SMARTS) is 1. The second kappa shape index (κ2) is 13.2. The van der Waals surface area contributed by atoms with Crippen molar-refractivity contribution < 1.29 is 24.5 Å². The molecule has 25 heavy (non-hydrogen) atoms. The number of carboxylic acids is 1. The van der Waals surface area contributed by atoms with Gasteiger partial charge in [-0.1, -0.05) is 29.4 Å². The van der Waals surface area contributed by atoms with Gasteiger partial charge in [0, 0.05) is 11.1 Å². The fraction of sp³-hybridized carbons (Fsp3) is 0.500. The number of aliphatic carboxylic acids is 1. The Labute approximate surface area is 150 Å². The summed E-state index contributed by atoms with van der Waals surface area (Å²) in [6.45, 7) is 7.41. The lowest BCUT2D eigenvalue weighted by Gasteiger charge is -2.04. The topological polar surface area (TPSA) is 83.8 Å². The van der Waals surface area contributed by atoms with Crippen LogP contribution in [0.4, 0.5) is 0 Å². The van der Waals surface area contributed by atoms with Gasteiger partial charge in [0.2, 0.25) is 0 Å². The highest BCUT2D eigenvalue weighted by Gasteiger charge is 2.04. The van der Waals surface area contributed by atoms with Gasteiger partial charge in [0.1, 0.15) is 6.61 Å². The van der Waals surface area contributed by atoms with Gasteiger partial charge in [-0.3, -0.25) is 0 Å². The quantitative estimate of drug-likeness (QED) is 0.335. The maximum Gasteiger partial charge on any atom is 0.333 e. The molecule has 5 nitrogen and oxygen atoms in total. The van der Waals surface area contributed by atoms with Gasteiger partial charge in [0.15, 0.2) is 0 Å². The maximum atomic E-state index is 11.9. The molecule has 0 aliphatic carbocycles. The Kier molecular flexibility index (Phi) is 12.1. The molecule has 2 N–H and O–H groups in total. The molecule has 0 atom stereocenters. The predicted octanol–water partition coefficient (Wildman–Crippen LogP) is 3.95. The molecule has 0 aliphatic heterocycles. The third-order valence-corrected chi connectivity index (χ3v) is 3.72. The second-order valence-corrected chi connectivity index (χ2v) is 6.04. The van der Waals surface area contributed by atoms with Crippen LogP contribution in [0.3, 0.4) is 0 Å². The van der Waals surface area contributed by atoms with Gasteiger partial charge in [0.05, 0.1) is 6.61 Å². The fourth-order valence-electron chi connectivity index (χ4n) is 1.94. The molecule has 5 heteroatoms. The Morgan fingerprint density at radius 1 is 0.840 bits per heavy atom. The smallest absolute Gasteiger partial charge is 0.333 e. The van der Waals surface area contributed by atoms with Crippen LogP contribution in [-0.2, 0) is 14.3 Å².